The van der Waals surface area contributed by atoms with Crippen LogP contribution in [-0.2, 0) is 14.8 Å². The van der Waals surface area contributed by atoms with Crippen LogP contribution in [0.2, 0.25) is 0 Å². The number of nitrogens with one attached hydrogen (secondary N) is 1. The summed E-state index contributed by atoms with van der Waals surface area (Å²) in [7, 11) is -2.13. The van der Waals surface area contributed by atoms with Crippen LogP contribution in [-0.4, -0.2) is 47.1 Å². The van der Waals surface area contributed by atoms with Crippen molar-refractivity contribution in [1.82, 2.24) is 5.43 Å². The van der Waals surface area contributed by atoms with E-state index in [1.807, 2.05) is 0 Å². The molecule has 0 bridgehead atoms. The van der Waals surface area contributed by atoms with Crippen LogP contribution in [0.25, 0.3) is 0 Å². The quantitative estimate of drug-likeness (QED) is 0.215. The Labute approximate surface area is 189 Å². The van der Waals surface area contributed by atoms with E-state index in [1.165, 1.54) is 13.3 Å². The summed E-state index contributed by atoms with van der Waals surface area (Å²) in [5.74, 6) is 0.488. The average Bonchev–Trinajstić information content (AvgIpc) is 2.71. The highest BCUT2D eigenvalue weighted by molar-refractivity contribution is 14.1. The van der Waals surface area contributed by atoms with Crippen molar-refractivity contribution in [2.45, 2.75) is 0 Å². The van der Waals surface area contributed by atoms with Gasteiger partial charge < -0.3 is 9.47 Å². The van der Waals surface area contributed by atoms with Gasteiger partial charge in [0.2, 0.25) is 10.0 Å². The van der Waals surface area contributed by atoms with E-state index in [9.17, 15) is 13.2 Å². The molecule has 0 aliphatic carbocycles. The zero-order valence-electron chi connectivity index (χ0n) is 16.5. The number of sulfonamides is 1. The van der Waals surface area contributed by atoms with Gasteiger partial charge in [-0.3, -0.25) is 9.10 Å². The topological polar surface area (TPSA) is 97.3 Å². The Morgan fingerprint density at radius 3 is 2.53 bits per heavy atom. The molecule has 1 amide bonds. The second-order valence-corrected chi connectivity index (χ2v) is 9.20. The molecule has 2 aromatic carbocycles. The van der Waals surface area contributed by atoms with Gasteiger partial charge in [0, 0.05) is 3.57 Å². The number of methoxy groups -OCH3 is 1. The van der Waals surface area contributed by atoms with E-state index in [4.69, 9.17) is 9.47 Å². The smallest absolute Gasteiger partial charge is 0.260 e. The van der Waals surface area contributed by atoms with Crippen LogP contribution >= 0.6 is 22.6 Å². The molecule has 0 spiro atoms. The predicted molar refractivity (Wildman–Crippen MR) is 126 cm³/mol. The van der Waals surface area contributed by atoms with Crippen molar-refractivity contribution in [1.29, 1.82) is 0 Å². The molecular weight excluding hydrogens is 521 g/mol. The number of halogens is 1. The number of ether oxygens (including phenoxy) is 2. The molecule has 0 aliphatic heterocycles. The van der Waals surface area contributed by atoms with E-state index in [0.717, 1.165) is 14.1 Å². The van der Waals surface area contributed by atoms with E-state index in [-0.39, 0.29) is 0 Å². The number of hydrazone groups is 1. The van der Waals surface area contributed by atoms with Crippen LogP contribution in [0.5, 0.6) is 11.5 Å². The van der Waals surface area contributed by atoms with Crippen molar-refractivity contribution in [3.63, 3.8) is 0 Å². The van der Waals surface area contributed by atoms with Gasteiger partial charge in [-0.1, -0.05) is 12.7 Å². The number of nitrogens with zero attached hydrogens (tertiary/aromatic N) is 2. The van der Waals surface area contributed by atoms with Crippen LogP contribution in [0, 0.1) is 3.57 Å². The van der Waals surface area contributed by atoms with Gasteiger partial charge in [0.15, 0.2) is 11.5 Å². The van der Waals surface area contributed by atoms with Crippen molar-refractivity contribution in [2.75, 3.05) is 30.8 Å². The maximum Gasteiger partial charge on any atom is 0.260 e. The maximum absolute atomic E-state index is 12.2. The monoisotopic (exact) mass is 543 g/mol. The zero-order valence-corrected chi connectivity index (χ0v) is 19.5. The third-order valence-electron chi connectivity index (χ3n) is 3.75. The van der Waals surface area contributed by atoms with Gasteiger partial charge in [-0.2, -0.15) is 5.10 Å². The van der Waals surface area contributed by atoms with Crippen LogP contribution in [0.1, 0.15) is 5.56 Å². The van der Waals surface area contributed by atoms with Gasteiger partial charge >= 0.3 is 0 Å². The van der Waals surface area contributed by atoms with Gasteiger partial charge in [-0.15, -0.1) is 0 Å². The first-order valence-corrected chi connectivity index (χ1v) is 11.6. The van der Waals surface area contributed by atoms with E-state index >= 15 is 0 Å². The number of benzene rings is 2. The molecule has 160 valence electrons. The van der Waals surface area contributed by atoms with Crippen molar-refractivity contribution in [3.05, 3.63) is 64.3 Å². The first kappa shape index (κ1) is 23.7. The Morgan fingerprint density at radius 1 is 1.23 bits per heavy atom. The molecule has 0 aromatic heterocycles. The summed E-state index contributed by atoms with van der Waals surface area (Å²) >= 11 is 2.12. The van der Waals surface area contributed by atoms with Gasteiger partial charge in [-0.05, 0) is 70.6 Å². The number of rotatable bonds is 10. The average molecular weight is 543 g/mol. The number of carbonyl (C=O) groups is 1. The molecule has 2 aromatic rings. The molecule has 0 heterocycles. The summed E-state index contributed by atoms with van der Waals surface area (Å²) in [5.41, 5.74) is 3.40. The molecule has 0 fully saturated rings. The normalized spacial score (nSPS) is 11.2. The number of hydrogen-bond donors (Lipinski definition) is 1. The minimum absolute atomic E-state index is 0.344. The summed E-state index contributed by atoms with van der Waals surface area (Å²) in [6, 6.07) is 12.0. The lowest BCUT2D eigenvalue weighted by Crippen LogP contribution is -2.39. The standard InChI is InChI=1S/C20H22IN3O5S/c1-4-11-29-18-10-5-15(12-19(18)28-2)13-22-23-20(25)14-24(30(3,26)27)17-8-6-16(21)7-9-17/h4-10,12-13H,1,11,14H2,2-3H3,(H,23,25)/b22-13-. The Kier molecular flexibility index (Phi) is 8.66. The Balaban J connectivity index is 2.05. The molecule has 30 heavy (non-hydrogen) atoms. The fourth-order valence-electron chi connectivity index (χ4n) is 2.38. The minimum Gasteiger partial charge on any atom is -0.493 e. The van der Waals surface area contributed by atoms with Crippen LogP contribution in [0.4, 0.5) is 5.69 Å². The van der Waals surface area contributed by atoms with Crippen LogP contribution in [0.3, 0.4) is 0 Å². The minimum atomic E-state index is -3.64. The number of carbonyl (C=O) groups excluding carboxylic acids is 1. The molecular formula is C20H22IN3O5S. The number of hydrogen-bond acceptors (Lipinski definition) is 6. The number of anilines is 1. The largest absolute Gasteiger partial charge is 0.493 e. The lowest BCUT2D eigenvalue weighted by Gasteiger charge is -2.21. The molecule has 8 nitrogen and oxygen atoms in total. The molecule has 0 unspecified atom stereocenters. The summed E-state index contributed by atoms with van der Waals surface area (Å²) in [6.07, 6.45) is 4.09. The fraction of sp³-hybridized carbons (Fsp3) is 0.200. The van der Waals surface area contributed by atoms with Gasteiger partial charge in [0.05, 0.1) is 25.3 Å². The molecule has 0 saturated heterocycles. The zero-order chi connectivity index (χ0) is 22.1. The van der Waals surface area contributed by atoms with Gasteiger partial charge in [0.1, 0.15) is 13.2 Å². The second kappa shape index (κ2) is 11.0. The molecule has 1 N–H and O–H groups in total. The van der Waals surface area contributed by atoms with Gasteiger partial charge in [-0.25, -0.2) is 13.8 Å². The fourth-order valence-corrected chi connectivity index (χ4v) is 3.60. The molecule has 0 atom stereocenters. The first-order chi connectivity index (χ1) is 14.2. The van der Waals surface area contributed by atoms with Crippen molar-refractivity contribution >= 4 is 50.4 Å². The highest BCUT2D eigenvalue weighted by Crippen LogP contribution is 2.27. The van der Waals surface area contributed by atoms with E-state index < -0.39 is 22.5 Å². The summed E-state index contributed by atoms with van der Waals surface area (Å²) < 4.78 is 36.9. The summed E-state index contributed by atoms with van der Waals surface area (Å²) in [6.45, 7) is 3.55. The van der Waals surface area contributed by atoms with Crippen LogP contribution in [0.15, 0.2) is 60.2 Å². The SMILES string of the molecule is C=CCOc1ccc(/C=N\NC(=O)CN(c2ccc(I)cc2)S(C)(=O)=O)cc1OC. The maximum atomic E-state index is 12.2. The van der Waals surface area contributed by atoms with Gasteiger partial charge in [0.25, 0.3) is 5.91 Å². The molecule has 2 rings (SSSR count). The summed E-state index contributed by atoms with van der Waals surface area (Å²) in [4.78, 5) is 12.2. The molecule has 10 heteroatoms. The third kappa shape index (κ3) is 7.02. The Morgan fingerprint density at radius 2 is 1.93 bits per heavy atom. The van der Waals surface area contributed by atoms with E-state index in [2.05, 4.69) is 39.7 Å². The molecule has 0 radical (unpaired) electrons. The molecule has 0 saturated carbocycles. The highest BCUT2D eigenvalue weighted by atomic mass is 127. The van der Waals surface area contributed by atoms with Crippen molar-refractivity contribution in [2.24, 2.45) is 5.10 Å². The van der Waals surface area contributed by atoms with Crippen LogP contribution < -0.4 is 19.2 Å². The summed E-state index contributed by atoms with van der Waals surface area (Å²) in [5, 5.41) is 3.89. The van der Waals surface area contributed by atoms with E-state index in [1.54, 1.807) is 48.5 Å². The van der Waals surface area contributed by atoms with Crippen molar-refractivity contribution < 1.29 is 22.7 Å². The third-order valence-corrected chi connectivity index (χ3v) is 5.61. The predicted octanol–water partition coefficient (Wildman–Crippen LogP) is 2.78. The van der Waals surface area contributed by atoms with E-state index in [0.29, 0.717) is 29.4 Å². The highest BCUT2D eigenvalue weighted by Gasteiger charge is 2.20. The first-order valence-electron chi connectivity index (χ1n) is 8.71. The lowest BCUT2D eigenvalue weighted by atomic mass is 10.2. The Bertz CT molecular complexity index is 1020. The molecule has 0 aliphatic rings. The lowest BCUT2D eigenvalue weighted by molar-refractivity contribution is -0.119. The Hall–Kier alpha value is -2.60. The van der Waals surface area contributed by atoms with Crippen molar-refractivity contribution in [3.8, 4) is 11.5 Å². The number of amides is 1. The second-order valence-electron chi connectivity index (χ2n) is 6.05.